The van der Waals surface area contributed by atoms with Crippen LogP contribution >= 0.6 is 15.9 Å². The third kappa shape index (κ3) is 9.47. The molecule has 0 aromatic carbocycles. The summed E-state index contributed by atoms with van der Waals surface area (Å²) in [7, 11) is 0. The molecular weight excluding hydrogens is 318 g/mol. The molecule has 19 heavy (non-hydrogen) atoms. The predicted octanol–water partition coefficient (Wildman–Crippen LogP) is 2.10. The maximum atomic E-state index is 11.6. The van der Waals surface area contributed by atoms with E-state index in [2.05, 4.69) is 21.2 Å². The molecule has 0 spiro atoms. The van der Waals surface area contributed by atoms with Gasteiger partial charge in [-0.25, -0.2) is 4.79 Å². The lowest BCUT2D eigenvalue weighted by Crippen LogP contribution is -2.44. The molecule has 1 amide bonds. The third-order valence-corrected chi connectivity index (χ3v) is 2.65. The first-order valence-electron chi connectivity index (χ1n) is 5.95. The molecule has 0 rings (SSSR count). The Morgan fingerprint density at radius 3 is 2.32 bits per heavy atom. The summed E-state index contributed by atoms with van der Waals surface area (Å²) in [6.45, 7) is 5.16. The molecule has 0 heterocycles. The number of alkyl carbamates (subject to hydrolysis) is 1. The quantitative estimate of drug-likeness (QED) is 0.694. The number of hydrogen-bond acceptors (Lipinski definition) is 4. The lowest BCUT2D eigenvalue weighted by atomic mass is 10.1. The van der Waals surface area contributed by atoms with Crippen LogP contribution < -0.4 is 5.32 Å². The number of nitrogens with one attached hydrogen (secondary N) is 1. The van der Waals surface area contributed by atoms with Gasteiger partial charge in [0.25, 0.3) is 0 Å². The van der Waals surface area contributed by atoms with E-state index in [4.69, 9.17) is 9.84 Å². The largest absolute Gasteiger partial charge is 0.481 e. The molecule has 0 aliphatic carbocycles. The van der Waals surface area contributed by atoms with Crippen molar-refractivity contribution in [1.82, 2.24) is 5.32 Å². The highest BCUT2D eigenvalue weighted by molar-refractivity contribution is 9.09. The van der Waals surface area contributed by atoms with Crippen LogP contribution in [-0.2, 0) is 14.3 Å². The SMILES string of the molecule is CC(C)(C)OC(=O)NC(CCCC(=O)O)C(=O)CBr. The molecule has 2 N–H and O–H groups in total. The molecular formula is C12H20BrNO5. The number of Topliss-reactive ketones (excluding diaryl/α,β-unsaturated/α-hetero) is 1. The number of ether oxygens (including phenoxy) is 1. The average Bonchev–Trinajstić information content (AvgIpc) is 2.23. The molecule has 7 heteroatoms. The van der Waals surface area contributed by atoms with Gasteiger partial charge in [0, 0.05) is 6.42 Å². The number of hydrogen-bond donors (Lipinski definition) is 2. The zero-order valence-corrected chi connectivity index (χ0v) is 12.9. The Hall–Kier alpha value is -1.11. The summed E-state index contributed by atoms with van der Waals surface area (Å²) in [5.41, 5.74) is -0.646. The molecule has 0 aliphatic heterocycles. The topological polar surface area (TPSA) is 92.7 Å². The highest BCUT2D eigenvalue weighted by Gasteiger charge is 2.23. The normalized spacial score (nSPS) is 12.6. The standard InChI is InChI=1S/C12H20BrNO5/c1-12(2,3)19-11(18)14-8(9(15)7-13)5-4-6-10(16)17/h8H,4-7H2,1-3H3,(H,14,18)(H,16,17). The molecule has 0 saturated carbocycles. The van der Waals surface area contributed by atoms with Crippen LogP contribution in [0.15, 0.2) is 0 Å². The van der Waals surface area contributed by atoms with Crippen LogP contribution in [0.5, 0.6) is 0 Å². The van der Waals surface area contributed by atoms with E-state index in [-0.39, 0.29) is 24.0 Å². The summed E-state index contributed by atoms with van der Waals surface area (Å²) in [4.78, 5) is 33.6. The van der Waals surface area contributed by atoms with Gasteiger partial charge in [-0.3, -0.25) is 9.59 Å². The number of halogens is 1. The van der Waals surface area contributed by atoms with Crippen molar-refractivity contribution < 1.29 is 24.2 Å². The van der Waals surface area contributed by atoms with Gasteiger partial charge in [0.2, 0.25) is 0 Å². The van der Waals surface area contributed by atoms with Crippen molar-refractivity contribution in [1.29, 1.82) is 0 Å². The summed E-state index contributed by atoms with van der Waals surface area (Å²) in [6, 6.07) is -0.728. The van der Waals surface area contributed by atoms with Gasteiger partial charge >= 0.3 is 12.1 Å². The molecule has 0 saturated heterocycles. The lowest BCUT2D eigenvalue weighted by molar-refractivity contribution is -0.137. The van der Waals surface area contributed by atoms with E-state index < -0.39 is 23.7 Å². The zero-order valence-electron chi connectivity index (χ0n) is 11.4. The minimum atomic E-state index is -0.928. The van der Waals surface area contributed by atoms with E-state index in [1.807, 2.05) is 0 Å². The number of rotatable bonds is 7. The van der Waals surface area contributed by atoms with Gasteiger partial charge in [0.1, 0.15) is 5.60 Å². The van der Waals surface area contributed by atoms with Gasteiger partial charge in [-0.05, 0) is 33.6 Å². The number of ketones is 1. The Bertz CT molecular complexity index is 338. The van der Waals surface area contributed by atoms with Crippen LogP contribution in [0, 0.1) is 0 Å². The third-order valence-electron chi connectivity index (χ3n) is 2.09. The molecule has 0 aliphatic rings. The van der Waals surface area contributed by atoms with Crippen molar-refractivity contribution >= 4 is 33.8 Å². The highest BCUT2D eigenvalue weighted by Crippen LogP contribution is 2.09. The minimum Gasteiger partial charge on any atom is -0.481 e. The van der Waals surface area contributed by atoms with E-state index in [9.17, 15) is 14.4 Å². The number of carbonyl (C=O) groups is 3. The average molecular weight is 338 g/mol. The van der Waals surface area contributed by atoms with Gasteiger partial charge in [0.05, 0.1) is 11.4 Å². The number of amides is 1. The Morgan fingerprint density at radius 2 is 1.89 bits per heavy atom. The molecule has 1 atom stereocenters. The van der Waals surface area contributed by atoms with Crippen molar-refractivity contribution in [2.45, 2.75) is 51.7 Å². The molecule has 6 nitrogen and oxygen atoms in total. The smallest absolute Gasteiger partial charge is 0.408 e. The van der Waals surface area contributed by atoms with E-state index in [0.717, 1.165) is 0 Å². The number of alkyl halides is 1. The summed E-state index contributed by atoms with van der Waals surface area (Å²) >= 11 is 3.03. The van der Waals surface area contributed by atoms with Crippen molar-refractivity contribution in [2.24, 2.45) is 0 Å². The van der Waals surface area contributed by atoms with Crippen molar-refractivity contribution in [3.05, 3.63) is 0 Å². The Kier molecular flexibility index (Phi) is 7.66. The second-order valence-corrected chi connectivity index (χ2v) is 5.65. The van der Waals surface area contributed by atoms with Crippen molar-refractivity contribution in [3.8, 4) is 0 Å². The fraction of sp³-hybridized carbons (Fsp3) is 0.750. The van der Waals surface area contributed by atoms with Gasteiger partial charge in [0.15, 0.2) is 5.78 Å². The molecule has 0 radical (unpaired) electrons. The lowest BCUT2D eigenvalue weighted by Gasteiger charge is -2.22. The molecule has 0 fully saturated rings. The monoisotopic (exact) mass is 337 g/mol. The van der Waals surface area contributed by atoms with E-state index >= 15 is 0 Å². The minimum absolute atomic E-state index is 0.0396. The first-order valence-corrected chi connectivity index (χ1v) is 7.08. The highest BCUT2D eigenvalue weighted by atomic mass is 79.9. The first-order chi connectivity index (χ1) is 8.65. The van der Waals surface area contributed by atoms with Gasteiger partial charge in [-0.2, -0.15) is 0 Å². The molecule has 0 aromatic rings. The maximum Gasteiger partial charge on any atom is 0.408 e. The Balaban J connectivity index is 4.39. The Morgan fingerprint density at radius 1 is 1.32 bits per heavy atom. The van der Waals surface area contributed by atoms with Crippen LogP contribution in [0.4, 0.5) is 4.79 Å². The molecule has 0 bridgehead atoms. The number of aliphatic carboxylic acids is 1. The fourth-order valence-electron chi connectivity index (χ4n) is 1.31. The van der Waals surface area contributed by atoms with E-state index in [1.165, 1.54) is 0 Å². The van der Waals surface area contributed by atoms with Crippen LogP contribution in [0.3, 0.4) is 0 Å². The molecule has 0 aromatic heterocycles. The Labute approximate surface area is 121 Å². The van der Waals surface area contributed by atoms with Crippen molar-refractivity contribution in [3.63, 3.8) is 0 Å². The maximum absolute atomic E-state index is 11.6. The van der Waals surface area contributed by atoms with Gasteiger partial charge in [-0.15, -0.1) is 0 Å². The first kappa shape index (κ1) is 17.9. The van der Waals surface area contributed by atoms with Gasteiger partial charge < -0.3 is 15.2 Å². The van der Waals surface area contributed by atoms with E-state index in [1.54, 1.807) is 20.8 Å². The number of carboxylic acid groups (broad SMARTS) is 1. The summed E-state index contributed by atoms with van der Waals surface area (Å²) < 4.78 is 5.06. The fourth-order valence-corrected chi connectivity index (χ4v) is 1.70. The molecule has 110 valence electrons. The summed E-state index contributed by atoms with van der Waals surface area (Å²) in [5.74, 6) is -1.14. The summed E-state index contributed by atoms with van der Waals surface area (Å²) in [5, 5.41) is 11.1. The van der Waals surface area contributed by atoms with Crippen molar-refractivity contribution in [2.75, 3.05) is 5.33 Å². The van der Waals surface area contributed by atoms with Crippen LogP contribution in [0.1, 0.15) is 40.0 Å². The second-order valence-electron chi connectivity index (χ2n) is 5.08. The van der Waals surface area contributed by atoms with E-state index in [0.29, 0.717) is 6.42 Å². The van der Waals surface area contributed by atoms with Crippen LogP contribution in [0.25, 0.3) is 0 Å². The number of carboxylic acids is 1. The van der Waals surface area contributed by atoms with Crippen LogP contribution in [0.2, 0.25) is 0 Å². The molecule has 1 unspecified atom stereocenters. The van der Waals surface area contributed by atoms with Crippen LogP contribution in [-0.4, -0.2) is 39.9 Å². The number of carbonyl (C=O) groups excluding carboxylic acids is 2. The van der Waals surface area contributed by atoms with Gasteiger partial charge in [-0.1, -0.05) is 15.9 Å². The zero-order chi connectivity index (χ0) is 15.1. The predicted molar refractivity (Wildman–Crippen MR) is 73.4 cm³/mol. The second kappa shape index (κ2) is 8.14. The summed E-state index contributed by atoms with van der Waals surface area (Å²) in [6.07, 6.45) is -0.130.